The molecule has 0 aliphatic rings. The lowest BCUT2D eigenvalue weighted by atomic mass is 10.1. The monoisotopic (exact) mass is 351 g/mol. The van der Waals surface area contributed by atoms with Crippen LogP contribution in [-0.2, 0) is 11.4 Å². The van der Waals surface area contributed by atoms with E-state index in [9.17, 15) is 24.0 Å². The van der Waals surface area contributed by atoms with E-state index in [4.69, 9.17) is 0 Å². The first kappa shape index (κ1) is 18.5. The molecule has 0 aromatic heterocycles. The molecule has 0 radical (unpaired) electrons. The fourth-order valence-corrected chi connectivity index (χ4v) is 2.93. The molecular weight excluding hydrogens is 333 g/mol. The summed E-state index contributed by atoms with van der Waals surface area (Å²) in [6.45, 7) is 6.53. The molecule has 1 aromatic rings. The molecular formula is C12H18F5NOS2. The van der Waals surface area contributed by atoms with Gasteiger partial charge < -0.3 is 4.55 Å². The molecule has 1 rings (SSSR count). The van der Waals surface area contributed by atoms with Crippen molar-refractivity contribution in [2.24, 2.45) is 0 Å². The normalized spacial score (nSPS) is 19.5. The average Bonchev–Trinajstić information content (AvgIpc) is 2.24. The molecule has 0 heterocycles. The first-order valence-electron chi connectivity index (χ1n) is 6.03. The summed E-state index contributed by atoms with van der Waals surface area (Å²) in [5.74, 6) is 0. The Labute approximate surface area is 124 Å². The number of halogens is 5. The number of hydrogen-bond acceptors (Lipinski definition) is 2. The largest absolute Gasteiger partial charge is 0.598 e. The molecule has 0 spiro atoms. The van der Waals surface area contributed by atoms with Gasteiger partial charge in [-0.25, -0.2) is 0 Å². The van der Waals surface area contributed by atoms with E-state index in [2.05, 4.69) is 4.72 Å². The summed E-state index contributed by atoms with van der Waals surface area (Å²) >= 11 is -1.53. The van der Waals surface area contributed by atoms with E-state index >= 15 is 0 Å². The van der Waals surface area contributed by atoms with E-state index in [0.29, 0.717) is 12.1 Å². The Hall–Kier alpha value is -0.510. The van der Waals surface area contributed by atoms with Gasteiger partial charge >= 0.3 is 10.2 Å². The molecule has 0 amide bonds. The summed E-state index contributed by atoms with van der Waals surface area (Å²) in [4.78, 5) is -1.94. The molecule has 0 saturated carbocycles. The van der Waals surface area contributed by atoms with E-state index in [-0.39, 0.29) is 5.56 Å². The van der Waals surface area contributed by atoms with E-state index in [1.807, 2.05) is 0 Å². The minimum atomic E-state index is -9.70. The molecule has 2 atom stereocenters. The van der Waals surface area contributed by atoms with Crippen molar-refractivity contribution < 1.29 is 24.0 Å². The minimum Gasteiger partial charge on any atom is -0.598 e. The molecule has 0 aliphatic carbocycles. The Bertz CT molecular complexity index is 526. The SMILES string of the molecule is C[C@@H](N[S+]([O-])C(C)(C)C)c1cccc(S(F)(F)(F)(F)F)c1. The van der Waals surface area contributed by atoms with Gasteiger partial charge in [0.1, 0.15) is 9.64 Å². The minimum absolute atomic E-state index is 0.00153. The van der Waals surface area contributed by atoms with Gasteiger partial charge in [0.05, 0.1) is 6.04 Å². The number of nitrogens with one attached hydrogen (secondary N) is 1. The number of rotatable bonds is 4. The highest BCUT2D eigenvalue weighted by atomic mass is 32.5. The summed E-state index contributed by atoms with van der Waals surface area (Å²) in [5.41, 5.74) is -0.00153. The van der Waals surface area contributed by atoms with Gasteiger partial charge in [0, 0.05) is 11.4 Å². The van der Waals surface area contributed by atoms with Crippen LogP contribution in [0.2, 0.25) is 0 Å². The van der Waals surface area contributed by atoms with Crippen molar-refractivity contribution in [2.45, 2.75) is 43.4 Å². The highest BCUT2D eigenvalue weighted by Crippen LogP contribution is 3.02. The van der Waals surface area contributed by atoms with Crippen molar-refractivity contribution in [1.82, 2.24) is 4.72 Å². The predicted molar refractivity (Wildman–Crippen MR) is 77.3 cm³/mol. The van der Waals surface area contributed by atoms with Gasteiger partial charge in [-0.1, -0.05) is 31.6 Å². The second-order valence-corrected chi connectivity index (χ2v) is 10.2. The summed E-state index contributed by atoms with van der Waals surface area (Å²) in [6, 6.07) is 2.19. The van der Waals surface area contributed by atoms with Crippen LogP contribution in [0.25, 0.3) is 0 Å². The smallest absolute Gasteiger partial charge is 0.310 e. The molecule has 1 aromatic carbocycles. The summed E-state index contributed by atoms with van der Waals surface area (Å²) in [5, 5.41) is 0. The molecule has 9 heteroatoms. The van der Waals surface area contributed by atoms with E-state index in [1.165, 1.54) is 13.0 Å². The quantitative estimate of drug-likeness (QED) is 0.578. The van der Waals surface area contributed by atoms with Gasteiger partial charge in [0.25, 0.3) is 0 Å². The molecule has 0 fully saturated rings. The molecule has 0 bridgehead atoms. The molecule has 21 heavy (non-hydrogen) atoms. The third-order valence-corrected chi connectivity index (χ3v) is 5.47. The van der Waals surface area contributed by atoms with Crippen molar-refractivity contribution in [3.8, 4) is 0 Å². The van der Waals surface area contributed by atoms with Crippen molar-refractivity contribution in [1.29, 1.82) is 0 Å². The maximum atomic E-state index is 12.8. The van der Waals surface area contributed by atoms with Gasteiger partial charge in [-0.2, -0.15) is 0 Å². The van der Waals surface area contributed by atoms with Crippen LogP contribution >= 0.6 is 10.2 Å². The topological polar surface area (TPSA) is 35.1 Å². The zero-order valence-electron chi connectivity index (χ0n) is 12.0. The number of benzene rings is 1. The lowest BCUT2D eigenvalue weighted by Gasteiger charge is -2.40. The second-order valence-electron chi connectivity index (χ2n) is 5.76. The van der Waals surface area contributed by atoms with Crippen LogP contribution in [0.5, 0.6) is 0 Å². The van der Waals surface area contributed by atoms with Crippen LogP contribution in [0.1, 0.15) is 39.3 Å². The maximum Gasteiger partial charge on any atom is 0.310 e. The van der Waals surface area contributed by atoms with Crippen LogP contribution in [0.4, 0.5) is 19.4 Å². The average molecular weight is 351 g/mol. The van der Waals surface area contributed by atoms with Gasteiger partial charge in [0.2, 0.25) is 0 Å². The Balaban J connectivity index is 3.08. The van der Waals surface area contributed by atoms with Crippen molar-refractivity contribution in [3.05, 3.63) is 29.8 Å². The molecule has 1 N–H and O–H groups in total. The molecule has 0 saturated heterocycles. The third-order valence-electron chi connectivity index (χ3n) is 2.64. The van der Waals surface area contributed by atoms with Gasteiger partial charge in [-0.3, -0.25) is 0 Å². The molecule has 124 valence electrons. The number of hydrogen-bond donors (Lipinski definition) is 1. The van der Waals surface area contributed by atoms with Gasteiger partial charge in [-0.05, 0) is 45.4 Å². The molecule has 2 nitrogen and oxygen atoms in total. The fourth-order valence-electron chi connectivity index (χ4n) is 1.43. The van der Waals surface area contributed by atoms with Crippen LogP contribution in [0.15, 0.2) is 29.2 Å². The van der Waals surface area contributed by atoms with E-state index in [1.54, 1.807) is 20.8 Å². The van der Waals surface area contributed by atoms with Crippen molar-refractivity contribution >= 4 is 21.6 Å². The summed E-state index contributed by atoms with van der Waals surface area (Å²) in [6.07, 6.45) is 0. The lowest BCUT2D eigenvalue weighted by Crippen LogP contribution is -2.40. The Morgan fingerprint density at radius 1 is 1.14 bits per heavy atom. The standard InChI is InChI=1S/C12H18F5NOS2/c1-9(18-20(19)12(2,3)4)10-6-5-7-11(8-10)21(13,14,15,16)17/h5-9,18H,1-4H3/t9-,20?/m1/s1. The summed E-state index contributed by atoms with van der Waals surface area (Å²) in [7, 11) is -9.70. The van der Waals surface area contributed by atoms with E-state index in [0.717, 1.165) is 6.07 Å². The first-order chi connectivity index (χ1) is 9.00. The zero-order valence-corrected chi connectivity index (χ0v) is 13.6. The zero-order chi connectivity index (χ0) is 16.8. The van der Waals surface area contributed by atoms with Crippen LogP contribution in [0, 0.1) is 0 Å². The Kier molecular flexibility index (Phi) is 4.19. The van der Waals surface area contributed by atoms with Gasteiger partial charge in [-0.15, -0.1) is 4.72 Å². The molecule has 1 unspecified atom stereocenters. The predicted octanol–water partition coefficient (Wildman–Crippen LogP) is 5.46. The maximum absolute atomic E-state index is 12.8. The first-order valence-corrected chi connectivity index (χ1v) is 9.13. The van der Waals surface area contributed by atoms with E-state index < -0.39 is 37.3 Å². The Morgan fingerprint density at radius 2 is 1.67 bits per heavy atom. The van der Waals surface area contributed by atoms with Crippen molar-refractivity contribution in [2.75, 3.05) is 0 Å². The third kappa shape index (κ3) is 5.32. The van der Waals surface area contributed by atoms with Crippen LogP contribution in [0.3, 0.4) is 0 Å². The lowest BCUT2D eigenvalue weighted by molar-refractivity contribution is 0.363. The second kappa shape index (κ2) is 4.74. The van der Waals surface area contributed by atoms with Crippen LogP contribution in [-0.4, -0.2) is 9.30 Å². The fraction of sp³-hybridized carbons (Fsp3) is 0.500. The molecule has 0 aliphatic heterocycles. The highest BCUT2D eigenvalue weighted by Gasteiger charge is 2.65. The highest BCUT2D eigenvalue weighted by molar-refractivity contribution is 8.45. The summed E-state index contributed by atoms with van der Waals surface area (Å²) < 4.78 is 77.7. The van der Waals surface area contributed by atoms with Crippen molar-refractivity contribution in [3.63, 3.8) is 0 Å². The Morgan fingerprint density at radius 3 is 2.10 bits per heavy atom. The van der Waals surface area contributed by atoms with Gasteiger partial charge in [0.15, 0.2) is 0 Å². The van der Waals surface area contributed by atoms with Crippen LogP contribution < -0.4 is 4.72 Å².